The summed E-state index contributed by atoms with van der Waals surface area (Å²) in [6.45, 7) is 3.57. The SMILES string of the molecule is CC(C)C(C#N)NC(=O)C1CCCC(C(F)(F)F)C1. The van der Waals surface area contributed by atoms with Crippen molar-refractivity contribution in [2.24, 2.45) is 17.8 Å². The first-order valence-electron chi connectivity index (χ1n) is 6.52. The molecule has 0 radical (unpaired) electrons. The molecule has 1 rings (SSSR count). The van der Waals surface area contributed by atoms with Crippen molar-refractivity contribution in [2.45, 2.75) is 51.7 Å². The fourth-order valence-corrected chi connectivity index (χ4v) is 2.34. The minimum Gasteiger partial charge on any atom is -0.340 e. The van der Waals surface area contributed by atoms with Crippen LogP contribution in [0.1, 0.15) is 39.5 Å². The molecule has 1 amide bonds. The van der Waals surface area contributed by atoms with Crippen LogP contribution in [0.4, 0.5) is 13.2 Å². The molecule has 1 saturated carbocycles. The number of nitrogens with one attached hydrogen (secondary N) is 1. The minimum absolute atomic E-state index is 0.0593. The van der Waals surface area contributed by atoms with Crippen LogP contribution in [0.5, 0.6) is 0 Å². The largest absolute Gasteiger partial charge is 0.391 e. The minimum atomic E-state index is -4.23. The summed E-state index contributed by atoms with van der Waals surface area (Å²) in [5.41, 5.74) is 0. The van der Waals surface area contributed by atoms with Gasteiger partial charge < -0.3 is 5.32 Å². The van der Waals surface area contributed by atoms with Gasteiger partial charge in [-0.15, -0.1) is 0 Å². The molecule has 1 fully saturated rings. The Morgan fingerprint density at radius 1 is 1.37 bits per heavy atom. The van der Waals surface area contributed by atoms with Gasteiger partial charge in [0.1, 0.15) is 6.04 Å². The van der Waals surface area contributed by atoms with Gasteiger partial charge in [0.15, 0.2) is 0 Å². The van der Waals surface area contributed by atoms with Gasteiger partial charge in [-0.25, -0.2) is 0 Å². The maximum Gasteiger partial charge on any atom is 0.391 e. The van der Waals surface area contributed by atoms with Gasteiger partial charge >= 0.3 is 6.18 Å². The molecule has 0 saturated heterocycles. The number of hydrogen-bond donors (Lipinski definition) is 1. The van der Waals surface area contributed by atoms with Crippen molar-refractivity contribution in [2.75, 3.05) is 0 Å². The third kappa shape index (κ3) is 4.41. The Balaban J connectivity index is 2.60. The number of hydrogen-bond acceptors (Lipinski definition) is 2. The molecule has 3 unspecified atom stereocenters. The molecule has 3 nitrogen and oxygen atoms in total. The Bertz CT molecular complexity index is 360. The van der Waals surface area contributed by atoms with Crippen molar-refractivity contribution in [3.63, 3.8) is 0 Å². The number of carbonyl (C=O) groups excluding carboxylic acids is 1. The molecule has 0 heterocycles. The molecule has 108 valence electrons. The zero-order valence-corrected chi connectivity index (χ0v) is 11.1. The van der Waals surface area contributed by atoms with Gasteiger partial charge in [0.2, 0.25) is 5.91 Å². The lowest BCUT2D eigenvalue weighted by Crippen LogP contribution is -2.43. The van der Waals surface area contributed by atoms with Gasteiger partial charge in [0, 0.05) is 5.92 Å². The van der Waals surface area contributed by atoms with Crippen molar-refractivity contribution >= 4 is 5.91 Å². The standard InChI is InChI=1S/C13H19F3N2O/c1-8(2)11(7-17)18-12(19)9-4-3-5-10(6-9)13(14,15)16/h8-11H,3-6H2,1-2H3,(H,18,19). The summed E-state index contributed by atoms with van der Waals surface area (Å²) in [5, 5.41) is 11.4. The Morgan fingerprint density at radius 2 is 2.00 bits per heavy atom. The summed E-state index contributed by atoms with van der Waals surface area (Å²) in [5.74, 6) is -2.50. The normalized spacial score (nSPS) is 25.7. The van der Waals surface area contributed by atoms with Crippen molar-refractivity contribution in [3.05, 3.63) is 0 Å². The molecule has 0 aromatic heterocycles. The molecule has 19 heavy (non-hydrogen) atoms. The fourth-order valence-electron chi connectivity index (χ4n) is 2.34. The van der Waals surface area contributed by atoms with Crippen molar-refractivity contribution in [3.8, 4) is 6.07 Å². The number of nitrogens with zero attached hydrogens (tertiary/aromatic N) is 1. The van der Waals surface area contributed by atoms with E-state index >= 15 is 0 Å². The van der Waals surface area contributed by atoms with E-state index in [2.05, 4.69) is 5.32 Å². The van der Waals surface area contributed by atoms with Crippen LogP contribution in [0.15, 0.2) is 0 Å². The second-order valence-electron chi connectivity index (χ2n) is 5.46. The van der Waals surface area contributed by atoms with Crippen LogP contribution in [0.3, 0.4) is 0 Å². The first-order chi connectivity index (χ1) is 8.75. The molecule has 0 bridgehead atoms. The smallest absolute Gasteiger partial charge is 0.340 e. The quantitative estimate of drug-likeness (QED) is 0.861. The van der Waals surface area contributed by atoms with Gasteiger partial charge in [-0.05, 0) is 25.2 Å². The molecular formula is C13H19F3N2O. The zero-order valence-electron chi connectivity index (χ0n) is 11.1. The Morgan fingerprint density at radius 3 is 2.47 bits per heavy atom. The fraction of sp³-hybridized carbons (Fsp3) is 0.846. The topological polar surface area (TPSA) is 52.9 Å². The molecular weight excluding hydrogens is 257 g/mol. The molecule has 1 N–H and O–H groups in total. The van der Waals surface area contributed by atoms with Crippen LogP contribution in [0.25, 0.3) is 0 Å². The van der Waals surface area contributed by atoms with Gasteiger partial charge in [-0.3, -0.25) is 4.79 Å². The van der Waals surface area contributed by atoms with Crippen LogP contribution < -0.4 is 5.32 Å². The highest BCUT2D eigenvalue weighted by atomic mass is 19.4. The van der Waals surface area contributed by atoms with E-state index in [4.69, 9.17) is 5.26 Å². The number of carbonyl (C=O) groups is 1. The average molecular weight is 276 g/mol. The van der Waals surface area contributed by atoms with Crippen LogP contribution in [0, 0.1) is 29.1 Å². The highest BCUT2D eigenvalue weighted by molar-refractivity contribution is 5.79. The van der Waals surface area contributed by atoms with Crippen LogP contribution in [0.2, 0.25) is 0 Å². The summed E-state index contributed by atoms with van der Waals surface area (Å²) >= 11 is 0. The lowest BCUT2D eigenvalue weighted by atomic mass is 9.80. The van der Waals surface area contributed by atoms with Gasteiger partial charge in [-0.1, -0.05) is 20.3 Å². The third-order valence-electron chi connectivity index (χ3n) is 3.61. The molecule has 1 aliphatic carbocycles. The number of nitriles is 1. The van der Waals surface area contributed by atoms with E-state index in [0.717, 1.165) is 0 Å². The summed E-state index contributed by atoms with van der Waals surface area (Å²) in [6.07, 6.45) is -3.42. The molecule has 3 atom stereocenters. The van der Waals surface area contributed by atoms with E-state index in [-0.39, 0.29) is 18.8 Å². The molecule has 1 aliphatic rings. The number of halogens is 3. The zero-order chi connectivity index (χ0) is 14.6. The first kappa shape index (κ1) is 15.8. The second-order valence-corrected chi connectivity index (χ2v) is 5.46. The lowest BCUT2D eigenvalue weighted by Gasteiger charge is -2.30. The third-order valence-corrected chi connectivity index (χ3v) is 3.61. The summed E-state index contributed by atoms with van der Waals surface area (Å²) in [6, 6.07) is 1.32. The van der Waals surface area contributed by atoms with Crippen molar-refractivity contribution < 1.29 is 18.0 Å². The highest BCUT2D eigenvalue weighted by Crippen LogP contribution is 2.39. The number of rotatable bonds is 3. The molecule has 6 heteroatoms. The Kier molecular flexibility index (Phi) is 5.21. The first-order valence-corrected chi connectivity index (χ1v) is 6.52. The van der Waals surface area contributed by atoms with Gasteiger partial charge in [0.05, 0.1) is 12.0 Å². The summed E-state index contributed by atoms with van der Waals surface area (Å²) < 4.78 is 38.0. The Hall–Kier alpha value is -1.25. The van der Waals surface area contributed by atoms with E-state index in [1.807, 2.05) is 6.07 Å². The van der Waals surface area contributed by atoms with E-state index in [0.29, 0.717) is 12.8 Å². The number of amides is 1. The van der Waals surface area contributed by atoms with E-state index in [1.54, 1.807) is 13.8 Å². The Labute approximate surface area is 111 Å². The van der Waals surface area contributed by atoms with E-state index in [9.17, 15) is 18.0 Å². The number of alkyl halides is 3. The maximum absolute atomic E-state index is 12.7. The monoisotopic (exact) mass is 276 g/mol. The summed E-state index contributed by atoms with van der Waals surface area (Å²) in [7, 11) is 0. The predicted molar refractivity (Wildman–Crippen MR) is 63.9 cm³/mol. The lowest BCUT2D eigenvalue weighted by molar-refractivity contribution is -0.186. The van der Waals surface area contributed by atoms with Crippen molar-refractivity contribution in [1.82, 2.24) is 5.32 Å². The average Bonchev–Trinajstić information content (AvgIpc) is 2.34. The summed E-state index contributed by atoms with van der Waals surface area (Å²) in [4.78, 5) is 11.9. The molecule has 0 spiro atoms. The molecule has 0 aromatic rings. The maximum atomic E-state index is 12.7. The van der Waals surface area contributed by atoms with E-state index < -0.39 is 30.0 Å². The predicted octanol–water partition coefficient (Wildman–Crippen LogP) is 3.02. The molecule has 0 aromatic carbocycles. The van der Waals surface area contributed by atoms with Crippen LogP contribution >= 0.6 is 0 Å². The molecule has 0 aliphatic heterocycles. The highest BCUT2D eigenvalue weighted by Gasteiger charge is 2.43. The van der Waals surface area contributed by atoms with Crippen LogP contribution in [-0.2, 0) is 4.79 Å². The van der Waals surface area contributed by atoms with Gasteiger partial charge in [0.25, 0.3) is 0 Å². The van der Waals surface area contributed by atoms with E-state index in [1.165, 1.54) is 0 Å². The van der Waals surface area contributed by atoms with Crippen LogP contribution in [-0.4, -0.2) is 18.1 Å². The van der Waals surface area contributed by atoms with Gasteiger partial charge in [-0.2, -0.15) is 18.4 Å². The second kappa shape index (κ2) is 6.27. The van der Waals surface area contributed by atoms with Crippen molar-refractivity contribution in [1.29, 1.82) is 5.26 Å².